The van der Waals surface area contributed by atoms with E-state index < -0.39 is 5.97 Å². The monoisotopic (exact) mass is 456 g/mol. The van der Waals surface area contributed by atoms with Gasteiger partial charge < -0.3 is 14.7 Å². The van der Waals surface area contributed by atoms with Gasteiger partial charge in [-0.05, 0) is 66.5 Å². The van der Waals surface area contributed by atoms with E-state index >= 15 is 0 Å². The van der Waals surface area contributed by atoms with Gasteiger partial charge in [0.25, 0.3) is 5.91 Å². The van der Waals surface area contributed by atoms with Crippen molar-refractivity contribution in [2.75, 3.05) is 19.7 Å². The first-order valence-corrected chi connectivity index (χ1v) is 12.2. The predicted octanol–water partition coefficient (Wildman–Crippen LogP) is 4.88. The molecule has 174 valence electrons. The molecule has 1 aromatic heterocycles. The number of fused-ring (bicyclic) bond motifs is 1. The van der Waals surface area contributed by atoms with Crippen LogP contribution in [-0.2, 0) is 9.53 Å². The Balaban J connectivity index is 1.14. The Bertz CT molecular complexity index is 1260. The fraction of sp³-hybridized carbons (Fsp3) is 0.393. The van der Waals surface area contributed by atoms with Gasteiger partial charge in [0.1, 0.15) is 6.10 Å². The van der Waals surface area contributed by atoms with Crippen molar-refractivity contribution in [3.63, 3.8) is 0 Å². The van der Waals surface area contributed by atoms with Crippen LogP contribution in [0.25, 0.3) is 22.0 Å². The van der Waals surface area contributed by atoms with Gasteiger partial charge in [-0.25, -0.2) is 4.79 Å². The van der Waals surface area contributed by atoms with Crippen LogP contribution in [0.3, 0.4) is 0 Å². The minimum Gasteiger partial charge on any atom is -0.478 e. The van der Waals surface area contributed by atoms with Crippen LogP contribution in [0.2, 0.25) is 0 Å². The molecule has 3 aliphatic rings. The quantitative estimate of drug-likeness (QED) is 0.606. The van der Waals surface area contributed by atoms with Crippen LogP contribution >= 0.6 is 0 Å². The number of piperidine rings is 1. The fourth-order valence-corrected chi connectivity index (χ4v) is 5.92. The number of amides is 1. The molecule has 34 heavy (non-hydrogen) atoms. The summed E-state index contributed by atoms with van der Waals surface area (Å²) in [5.74, 6) is -0.193. The van der Waals surface area contributed by atoms with Crippen LogP contribution < -0.4 is 0 Å². The lowest BCUT2D eigenvalue weighted by Gasteiger charge is -2.34. The molecule has 0 radical (unpaired) electrons. The summed E-state index contributed by atoms with van der Waals surface area (Å²) in [5, 5.41) is 10.9. The Hall–Kier alpha value is -3.25. The summed E-state index contributed by atoms with van der Waals surface area (Å²) in [4.78, 5) is 30.7. The standard InChI is InChI=1S/C28H28N2O4/c31-26(25-5-2-14-34-25)30-12-10-28(11-13-30)16-23(28)18-6-8-19(9-7-18)24-15-20-3-1-4-21(27(32)33)22(20)17-29-24/h1,3-4,6-9,15,17,23,25H,2,5,10-14,16H2,(H,32,33)/t23-,25+/m0/s1. The lowest BCUT2D eigenvalue weighted by molar-refractivity contribution is -0.142. The topological polar surface area (TPSA) is 79.7 Å². The highest BCUT2D eigenvalue weighted by Gasteiger charge is 2.55. The molecule has 1 saturated carbocycles. The Morgan fingerprint density at radius 2 is 1.88 bits per heavy atom. The van der Waals surface area contributed by atoms with E-state index in [1.54, 1.807) is 18.3 Å². The van der Waals surface area contributed by atoms with Gasteiger partial charge in [-0.2, -0.15) is 0 Å². The minimum atomic E-state index is -0.940. The first kappa shape index (κ1) is 21.3. The highest BCUT2D eigenvalue weighted by Crippen LogP contribution is 2.65. The molecule has 2 aromatic carbocycles. The number of rotatable bonds is 4. The van der Waals surface area contributed by atoms with E-state index in [2.05, 4.69) is 29.2 Å². The maximum absolute atomic E-state index is 12.7. The molecule has 6 rings (SSSR count). The summed E-state index contributed by atoms with van der Waals surface area (Å²) in [6.07, 6.45) is 6.62. The molecule has 6 heteroatoms. The van der Waals surface area contributed by atoms with E-state index in [9.17, 15) is 14.7 Å². The Morgan fingerprint density at radius 1 is 1.09 bits per heavy atom. The van der Waals surface area contributed by atoms with E-state index in [0.717, 1.165) is 55.4 Å². The summed E-state index contributed by atoms with van der Waals surface area (Å²) in [7, 11) is 0. The summed E-state index contributed by atoms with van der Waals surface area (Å²) in [6.45, 7) is 2.39. The van der Waals surface area contributed by atoms with Gasteiger partial charge in [-0.15, -0.1) is 0 Å². The van der Waals surface area contributed by atoms with E-state index in [4.69, 9.17) is 4.74 Å². The van der Waals surface area contributed by atoms with Gasteiger partial charge in [0.05, 0.1) is 11.3 Å². The van der Waals surface area contributed by atoms with Crippen molar-refractivity contribution in [1.82, 2.24) is 9.88 Å². The van der Waals surface area contributed by atoms with E-state index in [0.29, 0.717) is 23.3 Å². The van der Waals surface area contributed by atoms with Crippen molar-refractivity contribution in [1.29, 1.82) is 0 Å². The molecule has 2 atom stereocenters. The van der Waals surface area contributed by atoms with Gasteiger partial charge >= 0.3 is 5.97 Å². The number of carbonyl (C=O) groups excluding carboxylic acids is 1. The van der Waals surface area contributed by atoms with Crippen LogP contribution in [0.4, 0.5) is 0 Å². The van der Waals surface area contributed by atoms with Crippen LogP contribution in [0.15, 0.2) is 54.7 Å². The van der Waals surface area contributed by atoms with Gasteiger partial charge in [-0.1, -0.05) is 36.4 Å². The predicted molar refractivity (Wildman–Crippen MR) is 129 cm³/mol. The molecule has 3 fully saturated rings. The number of nitrogens with zero attached hydrogens (tertiary/aromatic N) is 2. The largest absolute Gasteiger partial charge is 0.478 e. The SMILES string of the molecule is O=C(O)c1cccc2cc(-c3ccc([C@@H]4CC45CCN(C(=O)[C@H]4CCCO4)CC5)cc3)ncc12. The summed E-state index contributed by atoms with van der Waals surface area (Å²) in [5.41, 5.74) is 3.83. The maximum Gasteiger partial charge on any atom is 0.336 e. The number of aromatic carboxylic acids is 1. The van der Waals surface area contributed by atoms with Crippen LogP contribution in [-0.4, -0.2) is 52.7 Å². The van der Waals surface area contributed by atoms with Gasteiger partial charge in [0.2, 0.25) is 0 Å². The third-order valence-corrected chi connectivity index (χ3v) is 8.07. The van der Waals surface area contributed by atoms with Gasteiger partial charge in [0.15, 0.2) is 0 Å². The normalized spacial score (nSPS) is 23.4. The van der Waals surface area contributed by atoms with Crippen LogP contribution in [0.1, 0.15) is 53.9 Å². The first-order chi connectivity index (χ1) is 16.5. The van der Waals surface area contributed by atoms with Crippen LogP contribution in [0, 0.1) is 5.41 Å². The third-order valence-electron chi connectivity index (χ3n) is 8.07. The molecular weight excluding hydrogens is 428 g/mol. The Morgan fingerprint density at radius 3 is 2.59 bits per heavy atom. The molecule has 0 bridgehead atoms. The number of likely N-dealkylation sites (tertiary alicyclic amines) is 1. The molecule has 3 aromatic rings. The van der Waals surface area contributed by atoms with Gasteiger partial charge in [-0.3, -0.25) is 9.78 Å². The smallest absolute Gasteiger partial charge is 0.336 e. The van der Waals surface area contributed by atoms with Crippen molar-refractivity contribution in [3.8, 4) is 11.3 Å². The summed E-state index contributed by atoms with van der Waals surface area (Å²) < 4.78 is 5.59. The van der Waals surface area contributed by atoms with Crippen molar-refractivity contribution < 1.29 is 19.4 Å². The molecule has 2 aliphatic heterocycles. The molecule has 0 unspecified atom stereocenters. The Labute approximate surface area is 198 Å². The number of pyridine rings is 1. The van der Waals surface area contributed by atoms with Crippen molar-refractivity contribution >= 4 is 22.6 Å². The lowest BCUT2D eigenvalue weighted by atomic mass is 9.88. The molecule has 1 amide bonds. The zero-order valence-electron chi connectivity index (χ0n) is 19.1. The molecule has 1 N–H and O–H groups in total. The zero-order valence-corrected chi connectivity index (χ0v) is 19.1. The molecule has 1 aliphatic carbocycles. The maximum atomic E-state index is 12.7. The molecule has 2 saturated heterocycles. The minimum absolute atomic E-state index is 0.187. The van der Waals surface area contributed by atoms with E-state index in [1.807, 2.05) is 17.0 Å². The number of hydrogen-bond donors (Lipinski definition) is 1. The molecule has 1 spiro atoms. The molecular formula is C28H28N2O4. The highest BCUT2D eigenvalue weighted by atomic mass is 16.5. The van der Waals surface area contributed by atoms with Crippen molar-refractivity contribution in [3.05, 3.63) is 65.9 Å². The fourth-order valence-electron chi connectivity index (χ4n) is 5.92. The number of benzene rings is 2. The second-order valence-electron chi connectivity index (χ2n) is 9.97. The summed E-state index contributed by atoms with van der Waals surface area (Å²) >= 11 is 0. The van der Waals surface area contributed by atoms with Crippen molar-refractivity contribution in [2.45, 2.75) is 44.1 Å². The average Bonchev–Trinajstić information content (AvgIpc) is 3.28. The summed E-state index contributed by atoms with van der Waals surface area (Å²) in [6, 6.07) is 15.9. The van der Waals surface area contributed by atoms with Crippen LogP contribution in [0.5, 0.6) is 0 Å². The number of carboxylic acid groups (broad SMARTS) is 1. The number of ether oxygens (including phenoxy) is 1. The lowest BCUT2D eigenvalue weighted by Crippen LogP contribution is -2.44. The third kappa shape index (κ3) is 3.66. The number of aromatic nitrogens is 1. The second-order valence-corrected chi connectivity index (χ2v) is 9.97. The first-order valence-electron chi connectivity index (χ1n) is 12.2. The van der Waals surface area contributed by atoms with Crippen molar-refractivity contribution in [2.24, 2.45) is 5.41 Å². The number of carboxylic acids is 1. The molecule has 6 nitrogen and oxygen atoms in total. The average molecular weight is 457 g/mol. The number of hydrogen-bond acceptors (Lipinski definition) is 4. The zero-order chi connectivity index (χ0) is 23.3. The highest BCUT2D eigenvalue weighted by molar-refractivity contribution is 6.03. The Kier molecular flexibility index (Phi) is 5.14. The van der Waals surface area contributed by atoms with E-state index in [1.165, 1.54) is 12.0 Å². The second kappa shape index (κ2) is 8.20. The van der Waals surface area contributed by atoms with Gasteiger partial charge in [0, 0.05) is 36.8 Å². The molecule has 3 heterocycles. The number of carbonyl (C=O) groups is 2. The van der Waals surface area contributed by atoms with E-state index in [-0.39, 0.29) is 17.6 Å².